The van der Waals surface area contributed by atoms with Gasteiger partial charge in [0.05, 0.1) is 18.8 Å². The Bertz CT molecular complexity index is 863. The zero-order valence-corrected chi connectivity index (χ0v) is 19.4. The van der Waals surface area contributed by atoms with Crippen molar-refractivity contribution < 1.29 is 14.3 Å². The molecule has 1 fully saturated rings. The quantitative estimate of drug-likeness (QED) is 0.608. The molecule has 0 aliphatic carbocycles. The van der Waals surface area contributed by atoms with Crippen LogP contribution in [0.15, 0.2) is 6.33 Å². The molecule has 162 valence electrons. The summed E-state index contributed by atoms with van der Waals surface area (Å²) in [6.07, 6.45) is 1.03. The first-order chi connectivity index (χ1) is 13.4. The van der Waals surface area contributed by atoms with Crippen LogP contribution in [-0.4, -0.2) is 57.8 Å². The summed E-state index contributed by atoms with van der Waals surface area (Å²) in [5, 5.41) is 13.2. The largest absolute Gasteiger partial charge is 0.409 e. The van der Waals surface area contributed by atoms with Gasteiger partial charge in [-0.25, -0.2) is 15.0 Å². The van der Waals surface area contributed by atoms with Gasteiger partial charge in [-0.3, -0.25) is 4.57 Å². The number of nitrogens with zero attached hydrogens (tertiary/aromatic N) is 4. The number of hydrogen-bond donors (Lipinski definition) is 3. The van der Waals surface area contributed by atoms with Crippen molar-refractivity contribution in [3.63, 3.8) is 0 Å². The van der Waals surface area contributed by atoms with Gasteiger partial charge in [-0.1, -0.05) is 20.8 Å². The molecule has 3 rings (SSSR count). The standard InChI is InChI=1S/C19H34N6O3Si/c1-11(2)23-18-24-14-15(20)21-10-22-16(14)25(18)17-13(8-12(9-26)27-17)28-29(6,7)19(3,4)5/h10-13,17,26H,8-9H2,1-7H3,(H,23,24)(H2,20,21,22)/t12-,13?,17+/m0/s1. The molecule has 0 bridgehead atoms. The third kappa shape index (κ3) is 4.25. The first-order valence-electron chi connectivity index (χ1n) is 10.1. The van der Waals surface area contributed by atoms with Gasteiger partial charge in [-0.15, -0.1) is 0 Å². The minimum Gasteiger partial charge on any atom is -0.409 e. The van der Waals surface area contributed by atoms with Crippen molar-refractivity contribution in [3.05, 3.63) is 6.33 Å². The highest BCUT2D eigenvalue weighted by Crippen LogP contribution is 2.43. The third-order valence-corrected chi connectivity index (χ3v) is 10.3. The van der Waals surface area contributed by atoms with E-state index in [0.717, 1.165) is 0 Å². The topological polar surface area (TPSA) is 120 Å². The minimum absolute atomic E-state index is 0.0530. The van der Waals surface area contributed by atoms with Gasteiger partial charge in [0, 0.05) is 12.5 Å². The molecule has 10 heteroatoms. The highest BCUT2D eigenvalue weighted by Gasteiger charge is 2.46. The lowest BCUT2D eigenvalue weighted by Gasteiger charge is -2.39. The summed E-state index contributed by atoms with van der Waals surface area (Å²) in [7, 11) is -2.07. The second kappa shape index (κ2) is 7.82. The van der Waals surface area contributed by atoms with E-state index >= 15 is 0 Å². The number of imidazole rings is 1. The summed E-state index contributed by atoms with van der Waals surface area (Å²) in [6.45, 7) is 15.1. The van der Waals surface area contributed by atoms with Gasteiger partial charge in [0.25, 0.3) is 0 Å². The Morgan fingerprint density at radius 2 is 2.07 bits per heavy atom. The van der Waals surface area contributed by atoms with E-state index in [1.807, 2.05) is 18.4 Å². The van der Waals surface area contributed by atoms with E-state index in [-0.39, 0.29) is 29.9 Å². The summed E-state index contributed by atoms with van der Waals surface area (Å²) < 4.78 is 14.9. The van der Waals surface area contributed by atoms with Crippen LogP contribution in [0.25, 0.3) is 11.2 Å². The zero-order chi connectivity index (χ0) is 21.6. The van der Waals surface area contributed by atoms with Crippen molar-refractivity contribution in [2.24, 2.45) is 0 Å². The zero-order valence-electron chi connectivity index (χ0n) is 18.4. The summed E-state index contributed by atoms with van der Waals surface area (Å²) in [4.78, 5) is 13.1. The third-order valence-electron chi connectivity index (χ3n) is 5.78. The molecule has 1 unspecified atom stereocenters. The molecule has 0 aromatic carbocycles. The van der Waals surface area contributed by atoms with Crippen LogP contribution in [0.2, 0.25) is 18.1 Å². The number of fused-ring (bicyclic) bond motifs is 1. The van der Waals surface area contributed by atoms with E-state index in [9.17, 15) is 5.11 Å². The number of ether oxygens (including phenoxy) is 1. The fourth-order valence-electron chi connectivity index (χ4n) is 3.25. The predicted octanol–water partition coefficient (Wildman–Crippen LogP) is 2.90. The van der Waals surface area contributed by atoms with E-state index in [2.05, 4.69) is 54.1 Å². The fraction of sp³-hybridized carbons (Fsp3) is 0.737. The van der Waals surface area contributed by atoms with Gasteiger partial charge in [0.1, 0.15) is 6.33 Å². The van der Waals surface area contributed by atoms with E-state index in [0.29, 0.717) is 29.4 Å². The van der Waals surface area contributed by atoms with Crippen LogP contribution in [0.3, 0.4) is 0 Å². The molecule has 9 nitrogen and oxygen atoms in total. The average molecular weight is 423 g/mol. The maximum atomic E-state index is 9.77. The molecular formula is C19H34N6O3Si. The number of anilines is 2. The predicted molar refractivity (Wildman–Crippen MR) is 116 cm³/mol. The Morgan fingerprint density at radius 3 is 2.66 bits per heavy atom. The molecule has 29 heavy (non-hydrogen) atoms. The highest BCUT2D eigenvalue weighted by atomic mass is 28.4. The molecule has 0 saturated carbocycles. The van der Waals surface area contributed by atoms with E-state index in [1.165, 1.54) is 6.33 Å². The number of hydrogen-bond acceptors (Lipinski definition) is 8. The number of aliphatic hydroxyl groups excluding tert-OH is 1. The van der Waals surface area contributed by atoms with Crippen LogP contribution < -0.4 is 11.1 Å². The monoisotopic (exact) mass is 422 g/mol. The van der Waals surface area contributed by atoms with Crippen LogP contribution in [0.4, 0.5) is 11.8 Å². The summed E-state index contributed by atoms with van der Waals surface area (Å²) >= 11 is 0. The Labute approximate surface area is 173 Å². The lowest BCUT2D eigenvalue weighted by molar-refractivity contribution is -0.0449. The van der Waals surface area contributed by atoms with Crippen LogP contribution in [0, 0.1) is 0 Å². The highest BCUT2D eigenvalue weighted by molar-refractivity contribution is 6.74. The Morgan fingerprint density at radius 1 is 1.38 bits per heavy atom. The van der Waals surface area contributed by atoms with Gasteiger partial charge in [-0.2, -0.15) is 0 Å². The van der Waals surface area contributed by atoms with Gasteiger partial charge in [-0.05, 0) is 32.0 Å². The number of rotatable bonds is 6. The molecule has 3 heterocycles. The molecule has 2 aromatic rings. The van der Waals surface area contributed by atoms with Crippen LogP contribution in [0.1, 0.15) is 47.3 Å². The lowest BCUT2D eigenvalue weighted by Crippen LogP contribution is -2.45. The number of nitrogens with two attached hydrogens (primary N) is 1. The number of aromatic nitrogens is 4. The molecule has 4 N–H and O–H groups in total. The average Bonchev–Trinajstić information content (AvgIpc) is 3.14. The minimum atomic E-state index is -2.07. The molecule has 0 amide bonds. The summed E-state index contributed by atoms with van der Waals surface area (Å²) in [5.74, 6) is 0.925. The smallest absolute Gasteiger partial charge is 0.207 e. The second-order valence-corrected chi connectivity index (χ2v) is 14.3. The van der Waals surface area contributed by atoms with Gasteiger partial charge in [0.15, 0.2) is 31.5 Å². The van der Waals surface area contributed by atoms with E-state index in [4.69, 9.17) is 14.9 Å². The maximum Gasteiger partial charge on any atom is 0.207 e. The van der Waals surface area contributed by atoms with Crippen LogP contribution >= 0.6 is 0 Å². The lowest BCUT2D eigenvalue weighted by atomic mass is 10.2. The van der Waals surface area contributed by atoms with Crippen molar-refractivity contribution >= 4 is 31.2 Å². The van der Waals surface area contributed by atoms with Gasteiger partial charge < -0.3 is 25.3 Å². The van der Waals surface area contributed by atoms with E-state index < -0.39 is 14.5 Å². The van der Waals surface area contributed by atoms with E-state index in [1.54, 1.807) is 0 Å². The summed E-state index contributed by atoms with van der Waals surface area (Å²) in [6, 6.07) is 0.148. The van der Waals surface area contributed by atoms with Crippen molar-refractivity contribution in [2.75, 3.05) is 17.7 Å². The molecule has 2 aromatic heterocycles. The molecular weight excluding hydrogens is 388 g/mol. The molecule has 0 spiro atoms. The molecule has 1 aliphatic heterocycles. The SMILES string of the molecule is CC(C)Nc1nc2c(N)ncnc2n1[C@@H]1O[C@H](CO)CC1O[Si](C)(C)C(C)(C)C. The molecule has 0 radical (unpaired) electrons. The second-order valence-electron chi connectivity index (χ2n) is 9.52. The Kier molecular flexibility index (Phi) is 5.92. The normalized spacial score (nSPS) is 23.3. The Balaban J connectivity index is 2.08. The molecule has 1 saturated heterocycles. The first-order valence-corrected chi connectivity index (χ1v) is 13.0. The van der Waals surface area contributed by atoms with Gasteiger partial charge in [0.2, 0.25) is 5.95 Å². The van der Waals surface area contributed by atoms with Gasteiger partial charge >= 0.3 is 0 Å². The van der Waals surface area contributed by atoms with Crippen molar-refractivity contribution in [1.29, 1.82) is 0 Å². The van der Waals surface area contributed by atoms with Crippen LogP contribution in [-0.2, 0) is 9.16 Å². The van der Waals surface area contributed by atoms with Crippen molar-refractivity contribution in [3.8, 4) is 0 Å². The van der Waals surface area contributed by atoms with Crippen molar-refractivity contribution in [1.82, 2.24) is 19.5 Å². The van der Waals surface area contributed by atoms with Crippen molar-refractivity contribution in [2.45, 2.75) is 83.6 Å². The fourth-order valence-corrected chi connectivity index (χ4v) is 4.57. The number of nitrogens with one attached hydrogen (secondary N) is 1. The summed E-state index contributed by atoms with van der Waals surface area (Å²) in [5.41, 5.74) is 7.17. The van der Waals surface area contributed by atoms with Crippen LogP contribution in [0.5, 0.6) is 0 Å². The Hall–Kier alpha value is -1.75. The number of aliphatic hydroxyl groups is 1. The maximum absolute atomic E-state index is 9.77. The number of nitrogen functional groups attached to an aromatic ring is 1. The molecule has 3 atom stereocenters. The molecule has 1 aliphatic rings. The first kappa shape index (κ1) is 21.9.